The summed E-state index contributed by atoms with van der Waals surface area (Å²) in [5.41, 5.74) is 0.207. The highest BCUT2D eigenvalue weighted by Crippen LogP contribution is 2.39. The zero-order valence-electron chi connectivity index (χ0n) is 16.6. The van der Waals surface area contributed by atoms with Gasteiger partial charge in [0.2, 0.25) is 0 Å². The van der Waals surface area contributed by atoms with E-state index >= 15 is 0 Å². The molecule has 1 N–H and O–H groups in total. The van der Waals surface area contributed by atoms with Gasteiger partial charge >= 0.3 is 0 Å². The van der Waals surface area contributed by atoms with E-state index in [9.17, 15) is 19.1 Å². The Bertz CT molecular complexity index is 976. The van der Waals surface area contributed by atoms with Crippen molar-refractivity contribution in [2.24, 2.45) is 0 Å². The predicted octanol–water partition coefficient (Wildman–Crippen LogP) is 2.48. The van der Waals surface area contributed by atoms with Gasteiger partial charge in [0.15, 0.2) is 0 Å². The molecule has 3 heterocycles. The third-order valence-electron chi connectivity index (χ3n) is 5.45. The van der Waals surface area contributed by atoms with Crippen LogP contribution >= 0.6 is 0 Å². The first kappa shape index (κ1) is 20.3. The summed E-state index contributed by atoms with van der Waals surface area (Å²) in [6.45, 7) is 5.41. The van der Waals surface area contributed by atoms with Gasteiger partial charge in [-0.15, -0.1) is 0 Å². The van der Waals surface area contributed by atoms with Gasteiger partial charge in [-0.05, 0) is 43.3 Å². The number of benzene rings is 1. The number of rotatable bonds is 5. The minimum atomic E-state index is -0.843. The van der Waals surface area contributed by atoms with Gasteiger partial charge in [-0.3, -0.25) is 14.5 Å². The molecule has 2 aliphatic rings. The highest BCUT2D eigenvalue weighted by atomic mass is 19.1. The molecule has 1 aromatic heterocycles. The molecule has 0 saturated carbocycles. The van der Waals surface area contributed by atoms with Crippen LogP contribution in [0.3, 0.4) is 0 Å². The number of hydrogen-bond donors (Lipinski definition) is 1. The number of aliphatic hydroxyl groups is 1. The lowest BCUT2D eigenvalue weighted by molar-refractivity contribution is -0.140. The molecule has 0 aliphatic carbocycles. The molecule has 0 bridgehead atoms. The number of hydrogen-bond acceptors (Lipinski definition) is 6. The van der Waals surface area contributed by atoms with Crippen molar-refractivity contribution in [3.05, 3.63) is 64.9 Å². The van der Waals surface area contributed by atoms with Crippen molar-refractivity contribution in [1.29, 1.82) is 0 Å². The average molecular weight is 414 g/mol. The molecule has 8 heteroatoms. The number of Topliss-reactive ketones (excluding diaryl/α,β-unsaturated/α-hetero) is 1. The Labute approximate surface area is 173 Å². The number of ether oxygens (including phenoxy) is 1. The van der Waals surface area contributed by atoms with Crippen LogP contribution in [0.2, 0.25) is 0 Å². The van der Waals surface area contributed by atoms with E-state index in [1.165, 1.54) is 29.2 Å². The average Bonchev–Trinajstić information content (AvgIpc) is 3.28. The number of furan rings is 1. The molecule has 0 unspecified atom stereocenters. The molecular weight excluding hydrogens is 391 g/mol. The quantitative estimate of drug-likeness (QED) is 0.460. The monoisotopic (exact) mass is 414 g/mol. The number of likely N-dealkylation sites (tertiary alicyclic amines) is 1. The lowest BCUT2D eigenvalue weighted by Crippen LogP contribution is -2.42. The molecule has 1 amide bonds. The fourth-order valence-electron chi connectivity index (χ4n) is 3.84. The van der Waals surface area contributed by atoms with Gasteiger partial charge in [0.05, 0.1) is 18.8 Å². The van der Waals surface area contributed by atoms with Crippen LogP contribution in [-0.4, -0.2) is 66.0 Å². The molecule has 0 radical (unpaired) electrons. The number of amides is 1. The van der Waals surface area contributed by atoms with Crippen molar-refractivity contribution in [2.75, 3.05) is 39.4 Å². The van der Waals surface area contributed by atoms with E-state index in [1.807, 2.05) is 0 Å². The minimum Gasteiger partial charge on any atom is -0.507 e. The first-order chi connectivity index (χ1) is 14.5. The number of morpholine rings is 1. The van der Waals surface area contributed by atoms with Gasteiger partial charge in [-0.1, -0.05) is 0 Å². The Morgan fingerprint density at radius 2 is 1.80 bits per heavy atom. The normalized spacial score (nSPS) is 22.1. The van der Waals surface area contributed by atoms with Crippen molar-refractivity contribution in [3.8, 4) is 0 Å². The summed E-state index contributed by atoms with van der Waals surface area (Å²) in [5.74, 6) is -1.25. The van der Waals surface area contributed by atoms with E-state index in [0.29, 0.717) is 37.8 Å². The second-order valence-electron chi connectivity index (χ2n) is 7.40. The predicted molar refractivity (Wildman–Crippen MR) is 106 cm³/mol. The van der Waals surface area contributed by atoms with Crippen molar-refractivity contribution in [2.45, 2.75) is 13.0 Å². The lowest BCUT2D eigenvalue weighted by atomic mass is 9.99. The third-order valence-corrected chi connectivity index (χ3v) is 5.45. The SMILES string of the molecule is Cc1ccc([C@@H]2/C(=C(\O)c3ccc(F)cc3)C(=O)C(=O)N2CCN2CCOCC2)o1. The molecular formula is C22H23FN2O5. The Morgan fingerprint density at radius 3 is 2.43 bits per heavy atom. The Morgan fingerprint density at radius 1 is 1.10 bits per heavy atom. The maximum atomic E-state index is 13.3. The number of carbonyl (C=O) groups is 2. The van der Waals surface area contributed by atoms with E-state index in [0.717, 1.165) is 13.1 Å². The van der Waals surface area contributed by atoms with Crippen LogP contribution in [-0.2, 0) is 14.3 Å². The maximum absolute atomic E-state index is 13.3. The summed E-state index contributed by atoms with van der Waals surface area (Å²) < 4.78 is 24.4. The van der Waals surface area contributed by atoms with Crippen LogP contribution in [0.25, 0.3) is 5.76 Å². The maximum Gasteiger partial charge on any atom is 0.295 e. The summed E-state index contributed by atoms with van der Waals surface area (Å²) >= 11 is 0. The lowest BCUT2D eigenvalue weighted by Gasteiger charge is -2.30. The zero-order valence-corrected chi connectivity index (χ0v) is 16.6. The molecule has 1 aromatic carbocycles. The summed E-state index contributed by atoms with van der Waals surface area (Å²) in [6, 6.07) is 7.73. The van der Waals surface area contributed by atoms with E-state index in [2.05, 4.69) is 4.90 Å². The van der Waals surface area contributed by atoms with E-state index in [4.69, 9.17) is 9.15 Å². The van der Waals surface area contributed by atoms with Crippen molar-refractivity contribution in [1.82, 2.24) is 9.80 Å². The number of carbonyl (C=O) groups excluding carboxylic acids is 2. The number of nitrogens with zero attached hydrogens (tertiary/aromatic N) is 2. The zero-order chi connectivity index (χ0) is 21.3. The minimum absolute atomic E-state index is 0.0528. The second kappa shape index (κ2) is 8.41. The first-order valence-electron chi connectivity index (χ1n) is 9.86. The number of aryl methyl sites for hydroxylation is 1. The summed E-state index contributed by atoms with van der Waals surface area (Å²) in [5, 5.41) is 10.9. The molecule has 1 atom stereocenters. The summed E-state index contributed by atoms with van der Waals surface area (Å²) in [6.07, 6.45) is 0. The van der Waals surface area contributed by atoms with Gasteiger partial charge in [0.1, 0.15) is 29.1 Å². The molecule has 0 spiro atoms. The molecule has 30 heavy (non-hydrogen) atoms. The van der Waals surface area contributed by atoms with E-state index < -0.39 is 23.5 Å². The van der Waals surface area contributed by atoms with Gasteiger partial charge in [0, 0.05) is 31.7 Å². The van der Waals surface area contributed by atoms with Crippen LogP contribution in [0.4, 0.5) is 4.39 Å². The second-order valence-corrected chi connectivity index (χ2v) is 7.40. The third kappa shape index (κ3) is 3.88. The molecule has 2 saturated heterocycles. The summed E-state index contributed by atoms with van der Waals surface area (Å²) in [7, 11) is 0. The van der Waals surface area contributed by atoms with Gasteiger partial charge in [0.25, 0.3) is 11.7 Å². The smallest absolute Gasteiger partial charge is 0.295 e. The van der Waals surface area contributed by atoms with Crippen LogP contribution < -0.4 is 0 Å². The molecule has 2 aliphatic heterocycles. The topological polar surface area (TPSA) is 83.2 Å². The van der Waals surface area contributed by atoms with Crippen molar-refractivity contribution >= 4 is 17.4 Å². The Hall–Kier alpha value is -2.97. The Kier molecular flexibility index (Phi) is 5.69. The van der Waals surface area contributed by atoms with Crippen LogP contribution in [0.15, 0.2) is 46.4 Å². The van der Waals surface area contributed by atoms with Crippen LogP contribution in [0, 0.1) is 12.7 Å². The van der Waals surface area contributed by atoms with Gasteiger partial charge < -0.3 is 19.2 Å². The van der Waals surface area contributed by atoms with Gasteiger partial charge in [-0.25, -0.2) is 4.39 Å². The van der Waals surface area contributed by atoms with E-state index in [-0.39, 0.29) is 16.9 Å². The molecule has 2 aromatic rings. The standard InChI is InChI=1S/C22H23FN2O5/c1-14-2-7-17(30-14)19-18(20(26)15-3-5-16(23)6-4-15)21(27)22(28)25(19)9-8-24-10-12-29-13-11-24/h2-7,19,26H,8-13H2,1H3/b20-18+/t19-/m1/s1. The number of halogens is 1. The molecule has 4 rings (SSSR count). The number of ketones is 1. The highest BCUT2D eigenvalue weighted by molar-refractivity contribution is 6.46. The fraction of sp³-hybridized carbons (Fsp3) is 0.364. The molecule has 158 valence electrons. The van der Waals surface area contributed by atoms with Crippen LogP contribution in [0.5, 0.6) is 0 Å². The Balaban J connectivity index is 1.70. The number of aliphatic hydroxyl groups excluding tert-OH is 1. The van der Waals surface area contributed by atoms with Gasteiger partial charge in [-0.2, -0.15) is 0 Å². The molecule has 2 fully saturated rings. The largest absolute Gasteiger partial charge is 0.507 e. The highest BCUT2D eigenvalue weighted by Gasteiger charge is 2.47. The fourth-order valence-corrected chi connectivity index (χ4v) is 3.84. The van der Waals surface area contributed by atoms with Crippen LogP contribution in [0.1, 0.15) is 23.1 Å². The van der Waals surface area contributed by atoms with E-state index in [1.54, 1.807) is 19.1 Å². The summed E-state index contributed by atoms with van der Waals surface area (Å²) in [4.78, 5) is 29.3. The molecule has 7 nitrogen and oxygen atoms in total. The van der Waals surface area contributed by atoms with Crippen molar-refractivity contribution < 1.29 is 28.2 Å². The van der Waals surface area contributed by atoms with Crippen molar-refractivity contribution in [3.63, 3.8) is 0 Å². The first-order valence-corrected chi connectivity index (χ1v) is 9.86.